The van der Waals surface area contributed by atoms with Gasteiger partial charge in [-0.15, -0.1) is 10.2 Å². The van der Waals surface area contributed by atoms with Crippen molar-refractivity contribution in [1.82, 2.24) is 15.5 Å². The van der Waals surface area contributed by atoms with E-state index in [-0.39, 0.29) is 29.2 Å². The molecular formula is C26H20BrF6N5O5. The summed E-state index contributed by atoms with van der Waals surface area (Å²) in [6, 6.07) is 11.2. The lowest BCUT2D eigenvalue weighted by Gasteiger charge is -2.35. The van der Waals surface area contributed by atoms with Crippen LogP contribution >= 0.6 is 15.9 Å². The van der Waals surface area contributed by atoms with E-state index in [2.05, 4.69) is 31.4 Å². The van der Waals surface area contributed by atoms with Gasteiger partial charge in [0.2, 0.25) is 5.89 Å². The molecule has 10 nitrogen and oxygen atoms in total. The van der Waals surface area contributed by atoms with Crippen LogP contribution < -0.4 is 26.0 Å². The number of hydrogen-bond donors (Lipinski definition) is 2. The molecule has 1 aliphatic rings. The van der Waals surface area contributed by atoms with Crippen LogP contribution in [0.2, 0.25) is 0 Å². The first-order valence-electron chi connectivity index (χ1n) is 12.3. The fraction of sp³-hybridized carbons (Fsp3) is 0.269. The highest BCUT2D eigenvalue weighted by Gasteiger charge is 2.38. The van der Waals surface area contributed by atoms with E-state index in [1.165, 1.54) is 12.1 Å². The molecule has 0 amide bonds. The van der Waals surface area contributed by atoms with Gasteiger partial charge in [-0.2, -0.15) is 22.0 Å². The number of aromatic nitrogens is 2. The third-order valence-electron chi connectivity index (χ3n) is 6.18. The molecule has 228 valence electrons. The van der Waals surface area contributed by atoms with Crippen LogP contribution in [0.5, 0.6) is 0 Å². The molecule has 0 unspecified atom stereocenters. The summed E-state index contributed by atoms with van der Waals surface area (Å²) in [5.41, 5.74) is 0.285. The van der Waals surface area contributed by atoms with Gasteiger partial charge < -0.3 is 24.6 Å². The summed E-state index contributed by atoms with van der Waals surface area (Å²) in [5.74, 6) is -4.50. The number of anilines is 3. The molecule has 43 heavy (non-hydrogen) atoms. The van der Waals surface area contributed by atoms with Crippen LogP contribution in [0.25, 0.3) is 11.5 Å². The largest absolute Gasteiger partial charge is 0.490 e. The smallest absolute Gasteiger partial charge is 0.475 e. The first-order valence-corrected chi connectivity index (χ1v) is 13.1. The van der Waals surface area contributed by atoms with Gasteiger partial charge in [0.05, 0.1) is 6.54 Å². The summed E-state index contributed by atoms with van der Waals surface area (Å²) in [7, 11) is 0. The molecular weight excluding hydrogens is 656 g/mol. The van der Waals surface area contributed by atoms with Gasteiger partial charge in [-0.05, 0) is 30.3 Å². The molecule has 1 fully saturated rings. The number of nitrogens with one attached hydrogen (secondary N) is 1. The number of hydrogen-bond acceptors (Lipinski definition) is 9. The lowest BCUT2D eigenvalue weighted by molar-refractivity contribution is -0.192. The fourth-order valence-electron chi connectivity index (χ4n) is 4.16. The van der Waals surface area contributed by atoms with E-state index in [0.29, 0.717) is 37.6 Å². The predicted octanol–water partition coefficient (Wildman–Crippen LogP) is 4.55. The number of aliphatic carboxylic acids is 1. The van der Waals surface area contributed by atoms with Crippen LogP contribution in [0, 0.1) is 5.82 Å². The van der Waals surface area contributed by atoms with Gasteiger partial charge >= 0.3 is 18.6 Å². The van der Waals surface area contributed by atoms with E-state index in [4.69, 9.17) is 14.3 Å². The summed E-state index contributed by atoms with van der Waals surface area (Å²) in [6.07, 6.45) is -8.02. The Bertz CT molecular complexity index is 1680. The molecule has 0 atom stereocenters. The summed E-state index contributed by atoms with van der Waals surface area (Å²) in [6.45, 7) is 2.43. The van der Waals surface area contributed by atoms with Crippen molar-refractivity contribution in [2.24, 2.45) is 0 Å². The number of carboxylic acids is 1. The van der Waals surface area contributed by atoms with E-state index in [1.54, 1.807) is 23.1 Å². The molecule has 0 saturated carbocycles. The number of benzene rings is 2. The second kappa shape index (κ2) is 12.9. The number of carboxylic acid groups (broad SMARTS) is 1. The van der Waals surface area contributed by atoms with Crippen molar-refractivity contribution in [3.63, 3.8) is 0 Å². The van der Waals surface area contributed by atoms with Gasteiger partial charge in [-0.3, -0.25) is 9.59 Å². The molecule has 1 aliphatic heterocycles. The Morgan fingerprint density at radius 2 is 1.77 bits per heavy atom. The average molecular weight is 676 g/mol. The average Bonchev–Trinajstić information content (AvgIpc) is 3.46. The monoisotopic (exact) mass is 675 g/mol. The highest BCUT2D eigenvalue weighted by Crippen LogP contribution is 2.35. The maximum absolute atomic E-state index is 15.2. The molecule has 0 spiro atoms. The minimum absolute atomic E-state index is 0.0569. The summed E-state index contributed by atoms with van der Waals surface area (Å²) in [4.78, 5) is 37.8. The first-order chi connectivity index (χ1) is 20.3. The maximum Gasteiger partial charge on any atom is 0.490 e. The fourth-order valence-corrected chi connectivity index (χ4v) is 4.55. The van der Waals surface area contributed by atoms with Crippen LogP contribution in [0.3, 0.4) is 0 Å². The number of rotatable bonds is 7. The highest BCUT2D eigenvalue weighted by atomic mass is 79.9. The van der Waals surface area contributed by atoms with Crippen molar-refractivity contribution in [3.05, 3.63) is 84.7 Å². The zero-order valence-corrected chi connectivity index (χ0v) is 23.3. The molecule has 2 N–H and O–H groups in total. The minimum Gasteiger partial charge on any atom is -0.475 e. The predicted molar refractivity (Wildman–Crippen MR) is 145 cm³/mol. The van der Waals surface area contributed by atoms with Gasteiger partial charge in [0.25, 0.3) is 16.7 Å². The standard InChI is InChI=1S/C24H19BrF3N5O3.C2HF3O2/c25-15-2-1-3-16(11-15)33(19-18(20(34)21(19)35)32-8-6-29-7-9-32)12-14-5-4-13(10-17(14)26)23-30-31-24(36-23)22(27)28;3-2(4,5)1(6)7/h1-5,10-11,22,29H,6-9,12H2;(H,6,7). The number of nitrogens with zero attached hydrogens (tertiary/aromatic N) is 4. The Balaban J connectivity index is 0.000000541. The number of halogens is 7. The molecule has 1 saturated heterocycles. The minimum atomic E-state index is -5.08. The Hall–Kier alpha value is -4.25. The van der Waals surface area contributed by atoms with Crippen molar-refractivity contribution < 1.29 is 40.7 Å². The lowest BCUT2D eigenvalue weighted by atomic mass is 10.1. The Morgan fingerprint density at radius 1 is 1.09 bits per heavy atom. The van der Waals surface area contributed by atoms with Crippen LogP contribution in [0.1, 0.15) is 17.9 Å². The van der Waals surface area contributed by atoms with E-state index >= 15 is 4.39 Å². The van der Waals surface area contributed by atoms with E-state index < -0.39 is 41.1 Å². The third kappa shape index (κ3) is 7.22. The van der Waals surface area contributed by atoms with Gasteiger partial charge in [0.15, 0.2) is 0 Å². The van der Waals surface area contributed by atoms with Crippen LogP contribution in [0.15, 0.2) is 60.9 Å². The topological polar surface area (TPSA) is 129 Å². The molecule has 2 heterocycles. The molecule has 0 bridgehead atoms. The quantitative estimate of drug-likeness (QED) is 0.213. The van der Waals surface area contributed by atoms with Crippen molar-refractivity contribution in [3.8, 4) is 11.5 Å². The lowest BCUT2D eigenvalue weighted by Crippen LogP contribution is -2.51. The first kappa shape index (κ1) is 31.7. The van der Waals surface area contributed by atoms with Crippen LogP contribution in [-0.4, -0.2) is 53.6 Å². The SMILES string of the molecule is O=C(O)C(F)(F)F.O=c1c(N2CCNCC2)c(N(Cc2ccc(-c3nnc(C(F)F)o3)cc2F)c2cccc(Br)c2)c1=O. The Morgan fingerprint density at radius 3 is 2.33 bits per heavy atom. The van der Waals surface area contributed by atoms with Crippen molar-refractivity contribution in [2.75, 3.05) is 36.0 Å². The van der Waals surface area contributed by atoms with Gasteiger partial charge in [-0.25, -0.2) is 9.18 Å². The zero-order valence-electron chi connectivity index (χ0n) is 21.7. The normalized spacial score (nSPS) is 13.6. The number of carbonyl (C=O) groups is 1. The molecule has 1 aromatic heterocycles. The molecule has 3 aromatic carbocycles. The molecule has 5 rings (SSSR count). The van der Waals surface area contributed by atoms with Crippen LogP contribution in [-0.2, 0) is 11.3 Å². The van der Waals surface area contributed by atoms with Crippen molar-refractivity contribution >= 4 is 39.0 Å². The molecule has 17 heteroatoms. The second-order valence-electron chi connectivity index (χ2n) is 9.01. The zero-order chi connectivity index (χ0) is 31.5. The van der Waals surface area contributed by atoms with E-state index in [1.807, 2.05) is 11.0 Å². The maximum atomic E-state index is 15.2. The van der Waals surface area contributed by atoms with Gasteiger partial charge in [0.1, 0.15) is 17.2 Å². The summed E-state index contributed by atoms with van der Waals surface area (Å²) in [5, 5.41) is 17.1. The summed E-state index contributed by atoms with van der Waals surface area (Å²) >= 11 is 3.42. The molecule has 4 aromatic rings. The molecule has 0 radical (unpaired) electrons. The van der Waals surface area contributed by atoms with Gasteiger partial charge in [0, 0.05) is 47.5 Å². The Kier molecular flexibility index (Phi) is 9.54. The third-order valence-corrected chi connectivity index (χ3v) is 6.68. The van der Waals surface area contributed by atoms with Crippen LogP contribution in [0.4, 0.5) is 43.4 Å². The second-order valence-corrected chi connectivity index (χ2v) is 9.93. The highest BCUT2D eigenvalue weighted by molar-refractivity contribution is 9.10. The number of piperazine rings is 1. The summed E-state index contributed by atoms with van der Waals surface area (Å²) < 4.78 is 78.1. The van der Waals surface area contributed by atoms with E-state index in [0.717, 1.165) is 10.5 Å². The number of alkyl halides is 5. The van der Waals surface area contributed by atoms with E-state index in [9.17, 15) is 31.5 Å². The Labute approximate surface area is 246 Å². The van der Waals surface area contributed by atoms with Crippen molar-refractivity contribution in [2.45, 2.75) is 19.1 Å². The van der Waals surface area contributed by atoms with Crippen molar-refractivity contribution in [1.29, 1.82) is 0 Å². The molecule has 0 aliphatic carbocycles. The van der Waals surface area contributed by atoms with Gasteiger partial charge in [-0.1, -0.05) is 28.1 Å².